The van der Waals surface area contributed by atoms with Crippen molar-refractivity contribution in [3.63, 3.8) is 0 Å². The van der Waals surface area contributed by atoms with Crippen molar-refractivity contribution in [2.45, 2.75) is 57.3 Å². The summed E-state index contributed by atoms with van der Waals surface area (Å²) >= 11 is 0. The number of rotatable bonds is 4. The zero-order chi connectivity index (χ0) is 16.5. The lowest BCUT2D eigenvalue weighted by molar-refractivity contribution is -0.152. The van der Waals surface area contributed by atoms with Gasteiger partial charge in [-0.3, -0.25) is 4.79 Å². The number of ether oxygens (including phenoxy) is 2. The van der Waals surface area contributed by atoms with E-state index in [1.807, 2.05) is 6.92 Å². The van der Waals surface area contributed by atoms with Gasteiger partial charge in [-0.15, -0.1) is 0 Å². The SMILES string of the molecule is CCO[C@@H]1CC[C@@H]2[C@H]1OCCN2C(=O)CC1Cc2ccccc2C1. The van der Waals surface area contributed by atoms with E-state index in [0.29, 0.717) is 31.5 Å². The Kier molecular flexibility index (Phi) is 4.59. The molecule has 130 valence electrons. The molecule has 0 N–H and O–H groups in total. The molecule has 0 aromatic heterocycles. The number of hydrogen-bond donors (Lipinski definition) is 0. The first-order valence-electron chi connectivity index (χ1n) is 9.35. The molecule has 1 aliphatic heterocycles. The van der Waals surface area contributed by atoms with E-state index in [9.17, 15) is 4.79 Å². The molecule has 3 atom stereocenters. The standard InChI is InChI=1S/C20H27NO3/c1-2-23-18-8-7-17-20(18)24-10-9-21(17)19(22)13-14-11-15-5-3-4-6-16(15)12-14/h3-6,14,17-18,20H,2,7-13H2,1H3/t17-,18-,20-/m1/s1. The summed E-state index contributed by atoms with van der Waals surface area (Å²) in [4.78, 5) is 15.0. The minimum absolute atomic E-state index is 0.0726. The Balaban J connectivity index is 1.38. The molecule has 0 bridgehead atoms. The number of benzene rings is 1. The van der Waals surface area contributed by atoms with Gasteiger partial charge >= 0.3 is 0 Å². The highest BCUT2D eigenvalue weighted by molar-refractivity contribution is 5.77. The number of nitrogens with zero attached hydrogens (tertiary/aromatic N) is 1. The predicted molar refractivity (Wildman–Crippen MR) is 91.8 cm³/mol. The largest absolute Gasteiger partial charge is 0.376 e. The van der Waals surface area contributed by atoms with Crippen LogP contribution in [0.4, 0.5) is 0 Å². The molecule has 3 aliphatic rings. The molecule has 2 aliphatic carbocycles. The van der Waals surface area contributed by atoms with Gasteiger partial charge in [0.1, 0.15) is 6.10 Å². The Morgan fingerprint density at radius 3 is 2.71 bits per heavy atom. The molecule has 0 spiro atoms. The average Bonchev–Trinajstić information content (AvgIpc) is 3.18. The monoisotopic (exact) mass is 329 g/mol. The number of carbonyl (C=O) groups is 1. The van der Waals surface area contributed by atoms with Gasteiger partial charge in [0.05, 0.1) is 18.8 Å². The molecule has 4 heteroatoms. The van der Waals surface area contributed by atoms with E-state index in [1.165, 1.54) is 11.1 Å². The summed E-state index contributed by atoms with van der Waals surface area (Å²) in [5.41, 5.74) is 2.85. The number of amides is 1. The second kappa shape index (κ2) is 6.85. The van der Waals surface area contributed by atoms with Crippen molar-refractivity contribution in [2.24, 2.45) is 5.92 Å². The molecule has 1 aromatic rings. The molecule has 1 heterocycles. The van der Waals surface area contributed by atoms with Crippen LogP contribution in [0, 0.1) is 5.92 Å². The van der Waals surface area contributed by atoms with Crippen molar-refractivity contribution in [3.05, 3.63) is 35.4 Å². The van der Waals surface area contributed by atoms with Crippen LogP contribution in [0.1, 0.15) is 37.3 Å². The average molecular weight is 329 g/mol. The molecule has 4 rings (SSSR count). The van der Waals surface area contributed by atoms with Gasteiger partial charge in [0.15, 0.2) is 0 Å². The van der Waals surface area contributed by atoms with Crippen LogP contribution < -0.4 is 0 Å². The summed E-state index contributed by atoms with van der Waals surface area (Å²) in [6.45, 7) is 4.11. The number of carbonyl (C=O) groups excluding carboxylic acids is 1. The van der Waals surface area contributed by atoms with E-state index in [-0.39, 0.29) is 18.2 Å². The first kappa shape index (κ1) is 16.1. The second-order valence-corrected chi connectivity index (χ2v) is 7.31. The lowest BCUT2D eigenvalue weighted by Gasteiger charge is -2.39. The van der Waals surface area contributed by atoms with E-state index in [4.69, 9.17) is 9.47 Å². The lowest BCUT2D eigenvalue weighted by atomic mass is 10.00. The number of hydrogen-bond acceptors (Lipinski definition) is 3. The lowest BCUT2D eigenvalue weighted by Crippen LogP contribution is -2.54. The second-order valence-electron chi connectivity index (χ2n) is 7.31. The fraction of sp³-hybridized carbons (Fsp3) is 0.650. The highest BCUT2D eigenvalue weighted by Gasteiger charge is 2.45. The van der Waals surface area contributed by atoms with Crippen molar-refractivity contribution >= 4 is 5.91 Å². The molecule has 1 aromatic carbocycles. The minimum Gasteiger partial charge on any atom is -0.376 e. The maximum atomic E-state index is 12.9. The van der Waals surface area contributed by atoms with Crippen LogP contribution >= 0.6 is 0 Å². The summed E-state index contributed by atoms with van der Waals surface area (Å²) in [7, 11) is 0. The first-order chi connectivity index (χ1) is 11.8. The van der Waals surface area contributed by atoms with E-state index in [1.54, 1.807) is 0 Å². The van der Waals surface area contributed by atoms with Gasteiger partial charge in [0.25, 0.3) is 0 Å². The van der Waals surface area contributed by atoms with E-state index < -0.39 is 0 Å². The molecule has 2 fully saturated rings. The zero-order valence-corrected chi connectivity index (χ0v) is 14.4. The first-order valence-corrected chi connectivity index (χ1v) is 9.35. The van der Waals surface area contributed by atoms with Crippen molar-refractivity contribution in [1.82, 2.24) is 4.90 Å². The predicted octanol–water partition coefficient (Wildman–Crippen LogP) is 2.59. The van der Waals surface area contributed by atoms with Crippen molar-refractivity contribution < 1.29 is 14.3 Å². The van der Waals surface area contributed by atoms with Gasteiger partial charge < -0.3 is 14.4 Å². The van der Waals surface area contributed by atoms with Crippen molar-refractivity contribution in [1.29, 1.82) is 0 Å². The summed E-state index contributed by atoms with van der Waals surface area (Å²) in [6.07, 6.45) is 4.99. The Hall–Kier alpha value is -1.39. The van der Waals surface area contributed by atoms with Gasteiger partial charge in [-0.25, -0.2) is 0 Å². The van der Waals surface area contributed by atoms with Crippen molar-refractivity contribution in [2.75, 3.05) is 19.8 Å². The molecule has 0 radical (unpaired) electrons. The van der Waals surface area contributed by atoms with Gasteiger partial charge in [0, 0.05) is 19.6 Å². The maximum Gasteiger partial charge on any atom is 0.223 e. The van der Waals surface area contributed by atoms with Crippen LogP contribution in [-0.4, -0.2) is 48.8 Å². The highest BCUT2D eigenvalue weighted by Crippen LogP contribution is 2.34. The third-order valence-electron chi connectivity index (χ3n) is 5.84. The van der Waals surface area contributed by atoms with E-state index in [2.05, 4.69) is 29.2 Å². The third kappa shape index (κ3) is 2.98. The van der Waals surface area contributed by atoms with Crippen LogP contribution in [0.2, 0.25) is 0 Å². The minimum atomic E-state index is 0.0726. The van der Waals surface area contributed by atoms with Gasteiger partial charge in [0.2, 0.25) is 5.91 Å². The normalized spacial score (nSPS) is 29.5. The van der Waals surface area contributed by atoms with E-state index >= 15 is 0 Å². The molecular weight excluding hydrogens is 302 g/mol. The highest BCUT2D eigenvalue weighted by atomic mass is 16.5. The molecular formula is C20H27NO3. The van der Waals surface area contributed by atoms with Crippen LogP contribution in [0.3, 0.4) is 0 Å². The van der Waals surface area contributed by atoms with Crippen LogP contribution in [0.15, 0.2) is 24.3 Å². The smallest absolute Gasteiger partial charge is 0.223 e. The summed E-state index contributed by atoms with van der Waals surface area (Å²) < 4.78 is 11.8. The molecule has 1 saturated carbocycles. The van der Waals surface area contributed by atoms with E-state index in [0.717, 1.165) is 32.2 Å². The number of fused-ring (bicyclic) bond motifs is 2. The van der Waals surface area contributed by atoms with Crippen molar-refractivity contribution in [3.8, 4) is 0 Å². The Bertz CT molecular complexity index is 577. The summed E-state index contributed by atoms with van der Waals surface area (Å²) in [5.74, 6) is 0.767. The topological polar surface area (TPSA) is 38.8 Å². The fourth-order valence-electron chi connectivity index (χ4n) is 4.78. The van der Waals surface area contributed by atoms with Crippen LogP contribution in [0.25, 0.3) is 0 Å². The van der Waals surface area contributed by atoms with Gasteiger partial charge in [-0.2, -0.15) is 0 Å². The Morgan fingerprint density at radius 1 is 1.25 bits per heavy atom. The fourth-order valence-corrected chi connectivity index (χ4v) is 4.78. The molecule has 1 saturated heterocycles. The van der Waals surface area contributed by atoms with Gasteiger partial charge in [-0.05, 0) is 49.7 Å². The summed E-state index contributed by atoms with van der Waals surface area (Å²) in [6, 6.07) is 8.82. The van der Waals surface area contributed by atoms with Crippen LogP contribution in [0.5, 0.6) is 0 Å². The van der Waals surface area contributed by atoms with Crippen LogP contribution in [-0.2, 0) is 27.1 Å². The zero-order valence-electron chi connectivity index (χ0n) is 14.4. The molecule has 1 amide bonds. The summed E-state index contributed by atoms with van der Waals surface area (Å²) in [5, 5.41) is 0. The Labute approximate surface area is 144 Å². The molecule has 24 heavy (non-hydrogen) atoms. The third-order valence-corrected chi connectivity index (χ3v) is 5.84. The quantitative estimate of drug-likeness (QED) is 0.852. The Morgan fingerprint density at radius 2 is 2.00 bits per heavy atom. The molecule has 0 unspecified atom stereocenters. The van der Waals surface area contributed by atoms with Gasteiger partial charge in [-0.1, -0.05) is 24.3 Å². The maximum absolute atomic E-state index is 12.9. The number of morpholine rings is 1. The molecule has 4 nitrogen and oxygen atoms in total.